The van der Waals surface area contributed by atoms with Crippen LogP contribution in [0.5, 0.6) is 5.88 Å². The highest BCUT2D eigenvalue weighted by molar-refractivity contribution is 7.91. The molecule has 18 heavy (non-hydrogen) atoms. The van der Waals surface area contributed by atoms with Crippen LogP contribution in [-0.4, -0.2) is 37.0 Å². The first kappa shape index (κ1) is 13.2. The van der Waals surface area contributed by atoms with Crippen molar-refractivity contribution in [3.63, 3.8) is 0 Å². The maximum absolute atomic E-state index is 11.4. The molecule has 0 saturated carbocycles. The highest BCUT2D eigenvalue weighted by atomic mass is 32.2. The van der Waals surface area contributed by atoms with E-state index in [1.165, 1.54) is 13.3 Å². The molecular formula is C11H17N3O3S. The smallest absolute Gasteiger partial charge is 0.236 e. The van der Waals surface area contributed by atoms with Gasteiger partial charge in [0.2, 0.25) is 5.88 Å². The zero-order valence-corrected chi connectivity index (χ0v) is 11.1. The maximum atomic E-state index is 11.4. The van der Waals surface area contributed by atoms with E-state index in [9.17, 15) is 8.42 Å². The van der Waals surface area contributed by atoms with Gasteiger partial charge in [-0.2, -0.15) is 0 Å². The second kappa shape index (κ2) is 5.19. The van der Waals surface area contributed by atoms with Crippen LogP contribution in [0.25, 0.3) is 0 Å². The van der Waals surface area contributed by atoms with Gasteiger partial charge in [-0.15, -0.1) is 0 Å². The Hall–Kier alpha value is -1.21. The monoisotopic (exact) mass is 271 g/mol. The van der Waals surface area contributed by atoms with Crippen molar-refractivity contribution in [2.75, 3.05) is 18.6 Å². The molecule has 1 aromatic heterocycles. The van der Waals surface area contributed by atoms with Crippen LogP contribution in [0.3, 0.4) is 0 Å². The molecule has 100 valence electrons. The van der Waals surface area contributed by atoms with Gasteiger partial charge in [0, 0.05) is 12.4 Å². The summed E-state index contributed by atoms with van der Waals surface area (Å²) in [7, 11) is -1.35. The number of aromatic nitrogens is 2. The summed E-state index contributed by atoms with van der Waals surface area (Å²) in [6.45, 7) is 0. The Kier molecular flexibility index (Phi) is 3.82. The molecule has 0 bridgehead atoms. The Morgan fingerprint density at radius 1 is 1.50 bits per heavy atom. The predicted molar refractivity (Wildman–Crippen MR) is 66.9 cm³/mol. The van der Waals surface area contributed by atoms with Crippen molar-refractivity contribution in [1.29, 1.82) is 0 Å². The normalized spacial score (nSPS) is 23.8. The van der Waals surface area contributed by atoms with Crippen LogP contribution >= 0.6 is 0 Å². The summed E-state index contributed by atoms with van der Waals surface area (Å²) in [6, 6.07) is -0.341. The van der Waals surface area contributed by atoms with E-state index in [0.29, 0.717) is 24.4 Å². The Labute approximate surface area is 106 Å². The number of rotatable bonds is 4. The molecule has 0 aliphatic carbocycles. The fourth-order valence-corrected chi connectivity index (χ4v) is 4.16. The molecule has 0 amide bonds. The quantitative estimate of drug-likeness (QED) is 0.846. The number of nitrogens with two attached hydrogens (primary N) is 1. The molecule has 1 fully saturated rings. The summed E-state index contributed by atoms with van der Waals surface area (Å²) in [5, 5.41) is 0. The van der Waals surface area contributed by atoms with Crippen LogP contribution in [0.15, 0.2) is 12.4 Å². The molecule has 0 spiro atoms. The summed E-state index contributed by atoms with van der Waals surface area (Å²) in [5.74, 6) is 1.01. The lowest BCUT2D eigenvalue weighted by Crippen LogP contribution is -2.18. The molecule has 2 heterocycles. The minimum atomic E-state index is -2.86. The molecule has 1 aromatic rings. The highest BCUT2D eigenvalue weighted by Gasteiger charge is 2.30. The fourth-order valence-electron chi connectivity index (χ4n) is 2.28. The molecule has 1 saturated heterocycles. The van der Waals surface area contributed by atoms with Crippen LogP contribution in [0.4, 0.5) is 0 Å². The lowest BCUT2D eigenvalue weighted by molar-refractivity contribution is 0.376. The molecule has 2 atom stereocenters. The first-order chi connectivity index (χ1) is 8.52. The number of hydrogen-bond acceptors (Lipinski definition) is 6. The van der Waals surface area contributed by atoms with Crippen LogP contribution in [0, 0.1) is 5.92 Å². The highest BCUT2D eigenvalue weighted by Crippen LogP contribution is 2.29. The zero-order chi connectivity index (χ0) is 13.2. The van der Waals surface area contributed by atoms with E-state index < -0.39 is 9.84 Å². The Bertz CT molecular complexity index is 518. The largest absolute Gasteiger partial charge is 0.480 e. The third-order valence-electron chi connectivity index (χ3n) is 3.15. The first-order valence-electron chi connectivity index (χ1n) is 5.83. The molecule has 7 heteroatoms. The second-order valence-electron chi connectivity index (χ2n) is 4.56. The van der Waals surface area contributed by atoms with E-state index in [1.807, 2.05) is 0 Å². The average molecular weight is 271 g/mol. The molecule has 0 aromatic carbocycles. The van der Waals surface area contributed by atoms with E-state index >= 15 is 0 Å². The molecule has 2 rings (SSSR count). The summed E-state index contributed by atoms with van der Waals surface area (Å²) < 4.78 is 27.9. The van der Waals surface area contributed by atoms with Gasteiger partial charge in [0.25, 0.3) is 0 Å². The summed E-state index contributed by atoms with van der Waals surface area (Å²) >= 11 is 0. The van der Waals surface area contributed by atoms with Crippen LogP contribution in [0.1, 0.15) is 24.6 Å². The third kappa shape index (κ3) is 2.97. The fraction of sp³-hybridized carbons (Fsp3) is 0.636. The first-order valence-corrected chi connectivity index (χ1v) is 7.65. The molecule has 6 nitrogen and oxygen atoms in total. The molecule has 1 aliphatic heterocycles. The van der Waals surface area contributed by atoms with Crippen molar-refractivity contribution >= 4 is 9.84 Å². The van der Waals surface area contributed by atoms with E-state index in [2.05, 4.69) is 9.97 Å². The van der Waals surface area contributed by atoms with Gasteiger partial charge in [-0.05, 0) is 18.8 Å². The van der Waals surface area contributed by atoms with Gasteiger partial charge in [0.15, 0.2) is 9.84 Å². The van der Waals surface area contributed by atoms with Gasteiger partial charge in [-0.1, -0.05) is 0 Å². The molecule has 0 radical (unpaired) electrons. The Balaban J connectivity index is 2.06. The maximum Gasteiger partial charge on any atom is 0.236 e. The third-order valence-corrected chi connectivity index (χ3v) is 4.99. The van der Waals surface area contributed by atoms with Gasteiger partial charge in [-0.3, -0.25) is 4.98 Å². The summed E-state index contributed by atoms with van der Waals surface area (Å²) in [6.07, 6.45) is 4.37. The van der Waals surface area contributed by atoms with Crippen LogP contribution < -0.4 is 10.5 Å². The van der Waals surface area contributed by atoms with Crippen molar-refractivity contribution in [3.8, 4) is 5.88 Å². The van der Waals surface area contributed by atoms with Crippen molar-refractivity contribution in [3.05, 3.63) is 18.1 Å². The number of nitrogens with zero attached hydrogens (tertiary/aromatic N) is 2. The van der Waals surface area contributed by atoms with E-state index in [-0.39, 0.29) is 23.5 Å². The Morgan fingerprint density at radius 2 is 2.22 bits per heavy atom. The summed E-state index contributed by atoms with van der Waals surface area (Å²) in [5.41, 5.74) is 6.65. The van der Waals surface area contributed by atoms with Gasteiger partial charge in [0.1, 0.15) is 5.69 Å². The van der Waals surface area contributed by atoms with Crippen molar-refractivity contribution < 1.29 is 13.2 Å². The summed E-state index contributed by atoms with van der Waals surface area (Å²) in [4.78, 5) is 8.20. The zero-order valence-electron chi connectivity index (χ0n) is 10.2. The average Bonchev–Trinajstić information content (AvgIpc) is 2.68. The number of hydrogen-bond donors (Lipinski definition) is 1. The van der Waals surface area contributed by atoms with Crippen molar-refractivity contribution in [2.45, 2.75) is 18.9 Å². The topological polar surface area (TPSA) is 95.2 Å². The molecule has 1 aliphatic rings. The minimum Gasteiger partial charge on any atom is -0.480 e. The SMILES string of the molecule is COc1nccnc1C(N)CC1CCS(=O)(=O)C1. The van der Waals surface area contributed by atoms with E-state index in [1.54, 1.807) is 6.20 Å². The minimum absolute atomic E-state index is 0.108. The molecular weight excluding hydrogens is 254 g/mol. The van der Waals surface area contributed by atoms with E-state index in [0.717, 1.165) is 0 Å². The standard InChI is InChI=1S/C11H17N3O3S/c1-17-11-10(13-3-4-14-11)9(12)6-8-2-5-18(15,16)7-8/h3-4,8-9H,2,5-7,12H2,1H3. The van der Waals surface area contributed by atoms with Crippen molar-refractivity contribution in [1.82, 2.24) is 9.97 Å². The van der Waals surface area contributed by atoms with Gasteiger partial charge in [-0.25, -0.2) is 13.4 Å². The van der Waals surface area contributed by atoms with Crippen LogP contribution in [-0.2, 0) is 9.84 Å². The van der Waals surface area contributed by atoms with Gasteiger partial charge in [0.05, 0.1) is 24.7 Å². The Morgan fingerprint density at radius 3 is 2.83 bits per heavy atom. The number of sulfone groups is 1. The van der Waals surface area contributed by atoms with Gasteiger partial charge >= 0.3 is 0 Å². The lowest BCUT2D eigenvalue weighted by atomic mass is 9.98. The van der Waals surface area contributed by atoms with E-state index in [4.69, 9.17) is 10.5 Å². The molecule has 2 unspecified atom stereocenters. The number of ether oxygens (including phenoxy) is 1. The van der Waals surface area contributed by atoms with Gasteiger partial charge < -0.3 is 10.5 Å². The number of methoxy groups -OCH3 is 1. The van der Waals surface area contributed by atoms with Crippen molar-refractivity contribution in [2.24, 2.45) is 11.7 Å². The second-order valence-corrected chi connectivity index (χ2v) is 6.79. The lowest BCUT2D eigenvalue weighted by Gasteiger charge is -2.16. The van der Waals surface area contributed by atoms with Crippen LogP contribution in [0.2, 0.25) is 0 Å². The predicted octanol–water partition coefficient (Wildman–Crippen LogP) is 0.310. The molecule has 2 N–H and O–H groups in total.